The largest absolute Gasteiger partial charge is 0.353 e. The van der Waals surface area contributed by atoms with Gasteiger partial charge in [-0.15, -0.1) is 0 Å². The Morgan fingerprint density at radius 2 is 1.66 bits per heavy atom. The van der Waals surface area contributed by atoms with Gasteiger partial charge in [0, 0.05) is 37.4 Å². The fraction of sp³-hybridized carbons (Fsp3) is 0.522. The van der Waals surface area contributed by atoms with Crippen molar-refractivity contribution in [2.45, 2.75) is 32.6 Å². The standard InChI is InChI=1S/C23H31N5O/c1-18-19(2)24-17-25-23(18)28-14-12-27(13-15-28)22(29)16-26-10-8-21(9-11-26)20-6-4-3-5-7-20/h3-7,17,21H,8-16H2,1-2H3. The zero-order valence-electron chi connectivity index (χ0n) is 17.5. The number of benzene rings is 1. The maximum atomic E-state index is 12.8. The van der Waals surface area contributed by atoms with Gasteiger partial charge in [-0.1, -0.05) is 30.3 Å². The molecular weight excluding hydrogens is 362 g/mol. The van der Waals surface area contributed by atoms with E-state index in [-0.39, 0.29) is 5.91 Å². The number of likely N-dealkylation sites (tertiary alicyclic amines) is 1. The van der Waals surface area contributed by atoms with E-state index in [1.807, 2.05) is 11.8 Å². The summed E-state index contributed by atoms with van der Waals surface area (Å²) < 4.78 is 0. The molecule has 0 N–H and O–H groups in total. The Hall–Kier alpha value is -2.47. The maximum Gasteiger partial charge on any atom is 0.236 e. The summed E-state index contributed by atoms with van der Waals surface area (Å²) in [6.45, 7) is 9.84. The highest BCUT2D eigenvalue weighted by atomic mass is 16.2. The molecule has 4 rings (SSSR count). The molecule has 2 aliphatic heterocycles. The van der Waals surface area contributed by atoms with Crippen LogP contribution in [0.3, 0.4) is 0 Å². The van der Waals surface area contributed by atoms with E-state index < -0.39 is 0 Å². The Kier molecular flexibility index (Phi) is 6.09. The van der Waals surface area contributed by atoms with Crippen LogP contribution < -0.4 is 4.90 Å². The number of carbonyl (C=O) groups excluding carboxylic acids is 1. The van der Waals surface area contributed by atoms with Crippen LogP contribution >= 0.6 is 0 Å². The Morgan fingerprint density at radius 1 is 0.966 bits per heavy atom. The maximum absolute atomic E-state index is 12.8. The molecule has 1 aromatic carbocycles. The molecule has 0 aliphatic carbocycles. The molecule has 0 saturated carbocycles. The summed E-state index contributed by atoms with van der Waals surface area (Å²) in [6, 6.07) is 10.8. The van der Waals surface area contributed by atoms with E-state index in [0.29, 0.717) is 12.5 Å². The Morgan fingerprint density at radius 3 is 2.34 bits per heavy atom. The van der Waals surface area contributed by atoms with Gasteiger partial charge in [-0.3, -0.25) is 9.69 Å². The van der Waals surface area contributed by atoms with Crippen LogP contribution in [0, 0.1) is 13.8 Å². The van der Waals surface area contributed by atoms with Crippen molar-refractivity contribution >= 4 is 11.7 Å². The van der Waals surface area contributed by atoms with Crippen LogP contribution in [0.15, 0.2) is 36.7 Å². The van der Waals surface area contributed by atoms with Gasteiger partial charge in [-0.05, 0) is 51.3 Å². The summed E-state index contributed by atoms with van der Waals surface area (Å²) in [5, 5.41) is 0. The molecule has 3 heterocycles. The van der Waals surface area contributed by atoms with Gasteiger partial charge >= 0.3 is 0 Å². The second-order valence-corrected chi connectivity index (χ2v) is 8.24. The van der Waals surface area contributed by atoms with E-state index >= 15 is 0 Å². The smallest absolute Gasteiger partial charge is 0.236 e. The van der Waals surface area contributed by atoms with Gasteiger partial charge in [0.2, 0.25) is 5.91 Å². The van der Waals surface area contributed by atoms with Crippen molar-refractivity contribution in [1.82, 2.24) is 19.8 Å². The van der Waals surface area contributed by atoms with Gasteiger partial charge in [0.25, 0.3) is 0 Å². The SMILES string of the molecule is Cc1ncnc(N2CCN(C(=O)CN3CCC(c4ccccc4)CC3)CC2)c1C. The van der Waals surface area contributed by atoms with Crippen molar-refractivity contribution in [3.05, 3.63) is 53.5 Å². The molecule has 6 heteroatoms. The first kappa shape index (κ1) is 19.8. The zero-order valence-corrected chi connectivity index (χ0v) is 17.5. The summed E-state index contributed by atoms with van der Waals surface area (Å²) in [5.41, 5.74) is 3.59. The highest BCUT2D eigenvalue weighted by Crippen LogP contribution is 2.27. The molecule has 2 aliphatic rings. The lowest BCUT2D eigenvalue weighted by Gasteiger charge is -2.38. The lowest BCUT2D eigenvalue weighted by atomic mass is 9.89. The minimum Gasteiger partial charge on any atom is -0.353 e. The van der Waals surface area contributed by atoms with E-state index in [9.17, 15) is 4.79 Å². The number of hydrogen-bond donors (Lipinski definition) is 0. The average molecular weight is 394 g/mol. The van der Waals surface area contributed by atoms with Gasteiger partial charge in [0.1, 0.15) is 12.1 Å². The van der Waals surface area contributed by atoms with Gasteiger partial charge in [0.05, 0.1) is 6.54 Å². The molecule has 2 aromatic rings. The third kappa shape index (κ3) is 4.58. The van der Waals surface area contributed by atoms with E-state index in [4.69, 9.17) is 0 Å². The van der Waals surface area contributed by atoms with Crippen LogP contribution in [0.1, 0.15) is 35.6 Å². The predicted octanol–water partition coefficient (Wildman–Crippen LogP) is 2.62. The van der Waals surface area contributed by atoms with E-state index in [2.05, 4.69) is 57.0 Å². The monoisotopic (exact) mass is 393 g/mol. The van der Waals surface area contributed by atoms with Crippen LogP contribution in [0.4, 0.5) is 5.82 Å². The Balaban J connectivity index is 1.25. The highest BCUT2D eigenvalue weighted by Gasteiger charge is 2.26. The predicted molar refractivity (Wildman–Crippen MR) is 115 cm³/mol. The van der Waals surface area contributed by atoms with Crippen LogP contribution in [-0.2, 0) is 4.79 Å². The zero-order chi connectivity index (χ0) is 20.2. The van der Waals surface area contributed by atoms with E-state index in [1.165, 1.54) is 5.56 Å². The molecule has 154 valence electrons. The molecule has 0 atom stereocenters. The number of aromatic nitrogens is 2. The number of hydrogen-bond acceptors (Lipinski definition) is 5. The van der Waals surface area contributed by atoms with Crippen LogP contribution in [0.5, 0.6) is 0 Å². The number of amides is 1. The molecule has 1 amide bonds. The van der Waals surface area contributed by atoms with Crippen molar-refractivity contribution in [2.75, 3.05) is 50.7 Å². The third-order valence-electron chi connectivity index (χ3n) is 6.46. The normalized spacial score (nSPS) is 18.8. The quantitative estimate of drug-likeness (QED) is 0.799. The molecule has 0 radical (unpaired) electrons. The molecule has 1 aromatic heterocycles. The first-order valence-corrected chi connectivity index (χ1v) is 10.7. The Labute approximate surface area is 173 Å². The summed E-state index contributed by atoms with van der Waals surface area (Å²) in [5.74, 6) is 1.90. The van der Waals surface area contributed by atoms with Gasteiger partial charge in [-0.2, -0.15) is 0 Å². The van der Waals surface area contributed by atoms with Gasteiger partial charge in [0.15, 0.2) is 0 Å². The fourth-order valence-electron chi connectivity index (χ4n) is 4.45. The van der Waals surface area contributed by atoms with E-state index in [1.54, 1.807) is 6.33 Å². The topological polar surface area (TPSA) is 52.6 Å². The number of piperazine rings is 1. The first-order valence-electron chi connectivity index (χ1n) is 10.7. The van der Waals surface area contributed by atoms with Gasteiger partial charge < -0.3 is 9.80 Å². The highest BCUT2D eigenvalue weighted by molar-refractivity contribution is 5.78. The summed E-state index contributed by atoms with van der Waals surface area (Å²) in [4.78, 5) is 28.2. The van der Waals surface area contributed by atoms with Crippen molar-refractivity contribution in [3.8, 4) is 0 Å². The number of carbonyl (C=O) groups is 1. The van der Waals surface area contributed by atoms with Crippen molar-refractivity contribution < 1.29 is 4.79 Å². The second kappa shape index (κ2) is 8.91. The molecule has 29 heavy (non-hydrogen) atoms. The first-order chi connectivity index (χ1) is 14.1. The molecule has 2 saturated heterocycles. The number of nitrogens with zero attached hydrogens (tertiary/aromatic N) is 5. The average Bonchev–Trinajstić information content (AvgIpc) is 2.77. The minimum atomic E-state index is 0.262. The summed E-state index contributed by atoms with van der Waals surface area (Å²) in [6.07, 6.45) is 3.91. The van der Waals surface area contributed by atoms with Crippen molar-refractivity contribution in [3.63, 3.8) is 0 Å². The molecule has 0 unspecified atom stereocenters. The molecule has 0 bridgehead atoms. The number of aryl methyl sites for hydroxylation is 1. The number of rotatable bonds is 4. The van der Waals surface area contributed by atoms with Crippen molar-refractivity contribution in [2.24, 2.45) is 0 Å². The van der Waals surface area contributed by atoms with E-state index in [0.717, 1.165) is 69.2 Å². The van der Waals surface area contributed by atoms with Gasteiger partial charge in [-0.25, -0.2) is 9.97 Å². The Bertz CT molecular complexity index is 824. The third-order valence-corrected chi connectivity index (χ3v) is 6.46. The molecule has 6 nitrogen and oxygen atoms in total. The van der Waals surface area contributed by atoms with Crippen LogP contribution in [0.2, 0.25) is 0 Å². The second-order valence-electron chi connectivity index (χ2n) is 8.24. The minimum absolute atomic E-state index is 0.262. The van der Waals surface area contributed by atoms with Crippen molar-refractivity contribution in [1.29, 1.82) is 0 Å². The molecule has 0 spiro atoms. The van der Waals surface area contributed by atoms with Crippen LogP contribution in [0.25, 0.3) is 0 Å². The summed E-state index contributed by atoms with van der Waals surface area (Å²) >= 11 is 0. The molecule has 2 fully saturated rings. The summed E-state index contributed by atoms with van der Waals surface area (Å²) in [7, 11) is 0. The molecular formula is C23H31N5O. The fourth-order valence-corrected chi connectivity index (χ4v) is 4.45. The lowest BCUT2D eigenvalue weighted by Crippen LogP contribution is -2.52. The van der Waals surface area contributed by atoms with Crippen LogP contribution in [-0.4, -0.2) is 71.5 Å². The number of piperidine rings is 1. The lowest BCUT2D eigenvalue weighted by molar-refractivity contribution is -0.133. The number of anilines is 1.